The lowest BCUT2D eigenvalue weighted by Crippen LogP contribution is -2.11. The van der Waals surface area contributed by atoms with Crippen molar-refractivity contribution in [3.63, 3.8) is 0 Å². The zero-order chi connectivity index (χ0) is 11.3. The standard InChI is InChI=1S/C13H22N2.ClH/c1-10-6-7-12(9-11(10)2)13(15)5-3-4-8-14;/h6-7,9,13H,3-5,8,14-15H2,1-2H3;1H/t13-;/m0./s1. The van der Waals surface area contributed by atoms with Crippen LogP contribution in [0.3, 0.4) is 0 Å². The van der Waals surface area contributed by atoms with Crippen molar-refractivity contribution < 1.29 is 0 Å². The van der Waals surface area contributed by atoms with Crippen molar-refractivity contribution in [1.82, 2.24) is 0 Å². The minimum absolute atomic E-state index is 0. The first-order valence-electron chi connectivity index (χ1n) is 5.68. The third-order valence-electron chi connectivity index (χ3n) is 2.93. The highest BCUT2D eigenvalue weighted by atomic mass is 35.5. The molecule has 1 aromatic carbocycles. The summed E-state index contributed by atoms with van der Waals surface area (Å²) < 4.78 is 0. The van der Waals surface area contributed by atoms with E-state index in [0.717, 1.165) is 25.8 Å². The van der Waals surface area contributed by atoms with E-state index in [4.69, 9.17) is 11.5 Å². The Morgan fingerprint density at radius 1 is 1.12 bits per heavy atom. The first-order valence-corrected chi connectivity index (χ1v) is 5.68. The van der Waals surface area contributed by atoms with Crippen LogP contribution in [0, 0.1) is 13.8 Å². The molecule has 0 amide bonds. The third-order valence-corrected chi connectivity index (χ3v) is 2.93. The number of hydrogen-bond donors (Lipinski definition) is 2. The van der Waals surface area contributed by atoms with Crippen LogP contribution in [0.15, 0.2) is 18.2 Å². The Labute approximate surface area is 105 Å². The first-order chi connectivity index (χ1) is 7.15. The summed E-state index contributed by atoms with van der Waals surface area (Å²) in [5.41, 5.74) is 15.5. The Kier molecular flexibility index (Phi) is 7.39. The van der Waals surface area contributed by atoms with Crippen LogP contribution in [0.5, 0.6) is 0 Å². The Bertz CT molecular complexity index is 313. The summed E-state index contributed by atoms with van der Waals surface area (Å²) in [5.74, 6) is 0. The minimum Gasteiger partial charge on any atom is -0.330 e. The van der Waals surface area contributed by atoms with Gasteiger partial charge in [-0.1, -0.05) is 24.6 Å². The van der Waals surface area contributed by atoms with Gasteiger partial charge in [-0.2, -0.15) is 0 Å². The molecular weight excluding hydrogens is 220 g/mol. The molecule has 0 aliphatic rings. The molecule has 92 valence electrons. The first kappa shape index (κ1) is 15.4. The van der Waals surface area contributed by atoms with Gasteiger partial charge >= 0.3 is 0 Å². The summed E-state index contributed by atoms with van der Waals surface area (Å²) in [5, 5.41) is 0. The molecule has 2 nitrogen and oxygen atoms in total. The number of nitrogens with two attached hydrogens (primary N) is 2. The molecule has 0 saturated carbocycles. The van der Waals surface area contributed by atoms with Crippen LogP contribution in [0.25, 0.3) is 0 Å². The number of aryl methyl sites for hydroxylation is 2. The number of rotatable bonds is 5. The van der Waals surface area contributed by atoms with Crippen molar-refractivity contribution in [3.05, 3.63) is 34.9 Å². The molecule has 0 aliphatic carbocycles. The van der Waals surface area contributed by atoms with Crippen molar-refractivity contribution in [2.24, 2.45) is 11.5 Å². The van der Waals surface area contributed by atoms with Crippen molar-refractivity contribution in [1.29, 1.82) is 0 Å². The van der Waals surface area contributed by atoms with Gasteiger partial charge in [0, 0.05) is 6.04 Å². The van der Waals surface area contributed by atoms with Gasteiger partial charge in [0.25, 0.3) is 0 Å². The zero-order valence-electron chi connectivity index (χ0n) is 10.2. The Balaban J connectivity index is 0.00000225. The maximum Gasteiger partial charge on any atom is 0.0294 e. The van der Waals surface area contributed by atoms with E-state index >= 15 is 0 Å². The lowest BCUT2D eigenvalue weighted by molar-refractivity contribution is 0.590. The number of benzene rings is 1. The van der Waals surface area contributed by atoms with E-state index in [0.29, 0.717) is 0 Å². The van der Waals surface area contributed by atoms with Gasteiger partial charge in [-0.15, -0.1) is 12.4 Å². The molecule has 0 unspecified atom stereocenters. The molecule has 1 atom stereocenters. The molecule has 0 heterocycles. The molecule has 4 N–H and O–H groups in total. The highest BCUT2D eigenvalue weighted by molar-refractivity contribution is 5.85. The fraction of sp³-hybridized carbons (Fsp3) is 0.538. The fourth-order valence-electron chi connectivity index (χ4n) is 1.67. The summed E-state index contributed by atoms with van der Waals surface area (Å²) in [6.45, 7) is 5.02. The predicted molar refractivity (Wildman–Crippen MR) is 73.0 cm³/mol. The normalized spacial score (nSPS) is 12.0. The van der Waals surface area contributed by atoms with Crippen LogP contribution in [-0.2, 0) is 0 Å². The highest BCUT2D eigenvalue weighted by Crippen LogP contribution is 2.19. The minimum atomic E-state index is 0. The third kappa shape index (κ3) is 4.52. The van der Waals surface area contributed by atoms with Crippen LogP contribution in [-0.4, -0.2) is 6.54 Å². The molecule has 3 heteroatoms. The fourth-order valence-corrected chi connectivity index (χ4v) is 1.67. The maximum absolute atomic E-state index is 6.11. The van der Waals surface area contributed by atoms with E-state index in [-0.39, 0.29) is 18.4 Å². The molecule has 0 aromatic heterocycles. The van der Waals surface area contributed by atoms with Crippen LogP contribution in [0.1, 0.15) is 42.0 Å². The van der Waals surface area contributed by atoms with Crippen molar-refractivity contribution in [3.8, 4) is 0 Å². The van der Waals surface area contributed by atoms with E-state index in [9.17, 15) is 0 Å². The monoisotopic (exact) mass is 242 g/mol. The van der Waals surface area contributed by atoms with Gasteiger partial charge in [0.05, 0.1) is 0 Å². The smallest absolute Gasteiger partial charge is 0.0294 e. The summed E-state index contributed by atoms with van der Waals surface area (Å²) in [6, 6.07) is 6.64. The zero-order valence-corrected chi connectivity index (χ0v) is 11.0. The van der Waals surface area contributed by atoms with Gasteiger partial charge in [-0.25, -0.2) is 0 Å². The van der Waals surface area contributed by atoms with Crippen LogP contribution in [0.2, 0.25) is 0 Å². The lowest BCUT2D eigenvalue weighted by Gasteiger charge is -2.13. The molecule has 16 heavy (non-hydrogen) atoms. The molecule has 0 radical (unpaired) electrons. The SMILES string of the molecule is Cc1ccc([C@@H](N)CCCCN)cc1C.Cl. The Morgan fingerprint density at radius 3 is 2.38 bits per heavy atom. The van der Waals surface area contributed by atoms with Crippen LogP contribution in [0.4, 0.5) is 0 Å². The number of unbranched alkanes of at least 4 members (excludes halogenated alkanes) is 1. The largest absolute Gasteiger partial charge is 0.330 e. The molecule has 0 bridgehead atoms. The Morgan fingerprint density at radius 2 is 1.81 bits per heavy atom. The Hall–Kier alpha value is -0.570. The van der Waals surface area contributed by atoms with E-state index in [1.165, 1.54) is 16.7 Å². The highest BCUT2D eigenvalue weighted by Gasteiger charge is 2.06. The number of hydrogen-bond acceptors (Lipinski definition) is 2. The average Bonchev–Trinajstić information content (AvgIpc) is 2.22. The topological polar surface area (TPSA) is 52.0 Å². The second kappa shape index (κ2) is 7.66. The van der Waals surface area contributed by atoms with Gasteiger partial charge in [0.1, 0.15) is 0 Å². The lowest BCUT2D eigenvalue weighted by atomic mass is 9.98. The van der Waals surface area contributed by atoms with E-state index < -0.39 is 0 Å². The van der Waals surface area contributed by atoms with Crippen molar-refractivity contribution in [2.75, 3.05) is 6.54 Å². The summed E-state index contributed by atoms with van der Waals surface area (Å²) in [7, 11) is 0. The second-order valence-electron chi connectivity index (χ2n) is 4.23. The van der Waals surface area contributed by atoms with Gasteiger partial charge in [-0.3, -0.25) is 0 Å². The second-order valence-corrected chi connectivity index (χ2v) is 4.23. The van der Waals surface area contributed by atoms with Crippen LogP contribution < -0.4 is 11.5 Å². The van der Waals surface area contributed by atoms with E-state index in [2.05, 4.69) is 32.0 Å². The molecule has 0 aliphatic heterocycles. The molecular formula is C13H23ClN2. The molecule has 0 saturated heterocycles. The van der Waals surface area contributed by atoms with Gasteiger partial charge in [0.15, 0.2) is 0 Å². The summed E-state index contributed by atoms with van der Waals surface area (Å²) >= 11 is 0. The maximum atomic E-state index is 6.11. The van der Waals surface area contributed by atoms with Gasteiger partial charge < -0.3 is 11.5 Å². The summed E-state index contributed by atoms with van der Waals surface area (Å²) in [6.07, 6.45) is 3.21. The number of halogens is 1. The molecule has 0 fully saturated rings. The average molecular weight is 243 g/mol. The van der Waals surface area contributed by atoms with Crippen molar-refractivity contribution in [2.45, 2.75) is 39.2 Å². The molecule has 0 spiro atoms. The van der Waals surface area contributed by atoms with Gasteiger partial charge in [0.2, 0.25) is 0 Å². The van der Waals surface area contributed by atoms with Crippen molar-refractivity contribution >= 4 is 12.4 Å². The van der Waals surface area contributed by atoms with Gasteiger partial charge in [-0.05, 0) is 49.9 Å². The molecule has 1 rings (SSSR count). The quantitative estimate of drug-likeness (QED) is 0.781. The predicted octanol–water partition coefficient (Wildman–Crippen LogP) is 2.85. The van der Waals surface area contributed by atoms with E-state index in [1.807, 2.05) is 0 Å². The molecule has 1 aromatic rings. The van der Waals surface area contributed by atoms with E-state index in [1.54, 1.807) is 0 Å². The summed E-state index contributed by atoms with van der Waals surface area (Å²) in [4.78, 5) is 0. The van der Waals surface area contributed by atoms with Crippen LogP contribution >= 0.6 is 12.4 Å².